The smallest absolute Gasteiger partial charge is 0.145 e. The Bertz CT molecular complexity index is 630. The van der Waals surface area contributed by atoms with Gasteiger partial charge < -0.3 is 9.64 Å². The van der Waals surface area contributed by atoms with Crippen LogP contribution in [0.15, 0.2) is 30.5 Å². The van der Waals surface area contributed by atoms with Crippen molar-refractivity contribution in [3.05, 3.63) is 30.5 Å². The fraction of sp³-hybridized carbons (Fsp3) is 0.400. The van der Waals surface area contributed by atoms with Crippen LogP contribution in [-0.4, -0.2) is 41.4 Å². The van der Waals surface area contributed by atoms with Crippen molar-refractivity contribution < 1.29 is 8.95 Å². The number of pyridine rings is 1. The van der Waals surface area contributed by atoms with Crippen molar-refractivity contribution in [2.75, 3.05) is 31.1 Å². The number of rotatable bonds is 5. The Morgan fingerprint density at radius 3 is 2.80 bits per heavy atom. The van der Waals surface area contributed by atoms with E-state index in [9.17, 15) is 4.21 Å². The zero-order valence-corrected chi connectivity index (χ0v) is 13.1. The number of hydrogen-bond donors (Lipinski definition) is 0. The molecule has 4 nitrogen and oxygen atoms in total. The average Bonchev–Trinajstić information content (AvgIpc) is 2.44. The van der Waals surface area contributed by atoms with Crippen molar-refractivity contribution in [1.82, 2.24) is 4.98 Å². The SMILES string of the molecule is COc1cccc2c(N(C)[C@@H](C)C[S@](C)=O)ccnc12. The molecule has 0 aliphatic heterocycles. The number of aromatic nitrogens is 1. The van der Waals surface area contributed by atoms with Crippen LogP contribution >= 0.6 is 0 Å². The fourth-order valence-corrected chi connectivity index (χ4v) is 3.20. The van der Waals surface area contributed by atoms with Gasteiger partial charge >= 0.3 is 0 Å². The third-order valence-corrected chi connectivity index (χ3v) is 4.40. The van der Waals surface area contributed by atoms with Gasteiger partial charge in [-0.15, -0.1) is 0 Å². The molecule has 0 spiro atoms. The summed E-state index contributed by atoms with van der Waals surface area (Å²) in [4.78, 5) is 6.55. The highest BCUT2D eigenvalue weighted by atomic mass is 32.2. The quantitative estimate of drug-likeness (QED) is 0.849. The molecule has 0 aliphatic carbocycles. The molecule has 20 heavy (non-hydrogen) atoms. The van der Waals surface area contributed by atoms with Crippen LogP contribution in [-0.2, 0) is 10.8 Å². The highest BCUT2D eigenvalue weighted by molar-refractivity contribution is 7.84. The summed E-state index contributed by atoms with van der Waals surface area (Å²) in [6.07, 6.45) is 3.52. The topological polar surface area (TPSA) is 42.4 Å². The molecular weight excluding hydrogens is 272 g/mol. The van der Waals surface area contributed by atoms with Gasteiger partial charge in [0.25, 0.3) is 0 Å². The minimum absolute atomic E-state index is 0.192. The van der Waals surface area contributed by atoms with Crippen LogP contribution in [0.5, 0.6) is 5.75 Å². The zero-order chi connectivity index (χ0) is 14.7. The average molecular weight is 292 g/mol. The predicted octanol–water partition coefficient (Wildman–Crippen LogP) is 2.45. The summed E-state index contributed by atoms with van der Waals surface area (Å²) in [6.45, 7) is 2.08. The summed E-state index contributed by atoms with van der Waals surface area (Å²) in [5.74, 6) is 1.41. The molecule has 0 amide bonds. The van der Waals surface area contributed by atoms with Gasteiger partial charge in [0.15, 0.2) is 0 Å². The molecule has 5 heteroatoms. The fourth-order valence-electron chi connectivity index (χ4n) is 2.30. The molecule has 0 saturated carbocycles. The molecule has 108 valence electrons. The molecule has 0 aliphatic rings. The van der Waals surface area contributed by atoms with E-state index in [1.165, 1.54) is 0 Å². The number of nitrogens with zero attached hydrogens (tertiary/aromatic N) is 2. The summed E-state index contributed by atoms with van der Waals surface area (Å²) in [5.41, 5.74) is 1.93. The zero-order valence-electron chi connectivity index (χ0n) is 12.3. The van der Waals surface area contributed by atoms with Gasteiger partial charge in [-0.2, -0.15) is 0 Å². The number of benzene rings is 1. The van der Waals surface area contributed by atoms with Crippen LogP contribution in [0.25, 0.3) is 10.9 Å². The molecule has 0 unspecified atom stereocenters. The van der Waals surface area contributed by atoms with Crippen molar-refractivity contribution in [2.45, 2.75) is 13.0 Å². The molecule has 1 aromatic carbocycles. The number of ether oxygens (including phenoxy) is 1. The maximum atomic E-state index is 11.4. The molecule has 0 radical (unpaired) electrons. The molecule has 0 bridgehead atoms. The monoisotopic (exact) mass is 292 g/mol. The van der Waals surface area contributed by atoms with E-state index in [2.05, 4.69) is 16.8 Å². The van der Waals surface area contributed by atoms with Gasteiger partial charge in [0.1, 0.15) is 11.3 Å². The predicted molar refractivity (Wildman–Crippen MR) is 85.1 cm³/mol. The van der Waals surface area contributed by atoms with Gasteiger partial charge in [0.2, 0.25) is 0 Å². The highest BCUT2D eigenvalue weighted by Crippen LogP contribution is 2.31. The number of methoxy groups -OCH3 is 1. The van der Waals surface area contributed by atoms with Gasteiger partial charge in [0.05, 0.1) is 7.11 Å². The van der Waals surface area contributed by atoms with Gasteiger partial charge in [-0.3, -0.25) is 9.19 Å². The first-order chi connectivity index (χ1) is 9.54. The highest BCUT2D eigenvalue weighted by Gasteiger charge is 2.15. The van der Waals surface area contributed by atoms with Gasteiger partial charge in [-0.25, -0.2) is 0 Å². The van der Waals surface area contributed by atoms with E-state index in [1.54, 1.807) is 19.6 Å². The Labute approximate surface area is 122 Å². The Morgan fingerprint density at radius 2 is 2.15 bits per heavy atom. The number of fused-ring (bicyclic) bond motifs is 1. The standard InChI is InChI=1S/C15H20N2O2S/c1-11(10-20(4)18)17(2)13-8-9-16-15-12(13)6-5-7-14(15)19-3/h5-9,11H,10H2,1-4H3/t11-,20-/m0/s1. The van der Waals surface area contributed by atoms with Crippen LogP contribution < -0.4 is 9.64 Å². The Hall–Kier alpha value is -1.62. The summed E-state index contributed by atoms with van der Waals surface area (Å²) < 4.78 is 16.8. The second-order valence-corrected chi connectivity index (χ2v) is 6.37. The lowest BCUT2D eigenvalue weighted by Gasteiger charge is -2.27. The van der Waals surface area contributed by atoms with Crippen molar-refractivity contribution in [3.8, 4) is 5.75 Å². The van der Waals surface area contributed by atoms with Crippen LogP contribution in [0.2, 0.25) is 0 Å². The maximum absolute atomic E-state index is 11.4. The summed E-state index contributed by atoms with van der Waals surface area (Å²) in [7, 11) is 2.86. The van der Waals surface area contributed by atoms with E-state index in [1.807, 2.05) is 31.3 Å². The van der Waals surface area contributed by atoms with E-state index in [0.717, 1.165) is 22.3 Å². The molecule has 1 aromatic heterocycles. The van der Waals surface area contributed by atoms with E-state index in [0.29, 0.717) is 5.75 Å². The summed E-state index contributed by atoms with van der Waals surface area (Å²) in [6, 6.07) is 8.08. The van der Waals surface area contributed by atoms with Crippen LogP contribution in [0, 0.1) is 0 Å². The van der Waals surface area contributed by atoms with Gasteiger partial charge in [-0.1, -0.05) is 12.1 Å². The number of para-hydroxylation sites is 1. The van der Waals surface area contributed by atoms with E-state index >= 15 is 0 Å². The Balaban J connectivity index is 2.46. The third kappa shape index (κ3) is 2.93. The lowest BCUT2D eigenvalue weighted by atomic mass is 10.1. The second kappa shape index (κ2) is 6.22. The third-order valence-electron chi connectivity index (χ3n) is 3.45. The molecule has 2 rings (SSSR count). The van der Waals surface area contributed by atoms with Gasteiger partial charge in [0, 0.05) is 53.2 Å². The van der Waals surface area contributed by atoms with Crippen molar-refractivity contribution in [2.24, 2.45) is 0 Å². The van der Waals surface area contributed by atoms with Crippen molar-refractivity contribution >= 4 is 27.4 Å². The first-order valence-corrected chi connectivity index (χ1v) is 8.22. The first-order valence-electron chi connectivity index (χ1n) is 6.49. The first kappa shape index (κ1) is 14.8. The number of anilines is 1. The normalized spacial score (nSPS) is 14.0. The molecule has 0 saturated heterocycles. The minimum Gasteiger partial charge on any atom is -0.494 e. The summed E-state index contributed by atoms with van der Waals surface area (Å²) >= 11 is 0. The van der Waals surface area contributed by atoms with Crippen LogP contribution in [0.4, 0.5) is 5.69 Å². The molecule has 1 heterocycles. The van der Waals surface area contributed by atoms with Gasteiger partial charge in [-0.05, 0) is 19.1 Å². The molecule has 2 aromatic rings. The van der Waals surface area contributed by atoms with E-state index in [-0.39, 0.29) is 6.04 Å². The molecular formula is C15H20N2O2S. The molecule has 2 atom stereocenters. The lowest BCUT2D eigenvalue weighted by Crippen LogP contribution is -2.33. The van der Waals surface area contributed by atoms with Crippen LogP contribution in [0.3, 0.4) is 0 Å². The summed E-state index contributed by atoms with van der Waals surface area (Å²) in [5, 5.41) is 1.04. The molecule has 0 fully saturated rings. The van der Waals surface area contributed by atoms with E-state index in [4.69, 9.17) is 4.74 Å². The van der Waals surface area contributed by atoms with E-state index < -0.39 is 10.8 Å². The van der Waals surface area contributed by atoms with Crippen molar-refractivity contribution in [3.63, 3.8) is 0 Å². The lowest BCUT2D eigenvalue weighted by molar-refractivity contribution is 0.419. The second-order valence-electron chi connectivity index (χ2n) is 4.89. The largest absolute Gasteiger partial charge is 0.494 e. The van der Waals surface area contributed by atoms with Crippen LogP contribution in [0.1, 0.15) is 6.92 Å². The Kier molecular flexibility index (Phi) is 4.60. The van der Waals surface area contributed by atoms with Crippen molar-refractivity contribution in [1.29, 1.82) is 0 Å². The Morgan fingerprint density at radius 1 is 1.40 bits per heavy atom. The molecule has 0 N–H and O–H groups in total. The maximum Gasteiger partial charge on any atom is 0.145 e. The number of hydrogen-bond acceptors (Lipinski definition) is 4. The minimum atomic E-state index is -0.812.